The maximum atomic E-state index is 13.0. The van der Waals surface area contributed by atoms with Crippen LogP contribution in [0.15, 0.2) is 18.2 Å². The molecule has 1 aromatic rings. The fourth-order valence-corrected chi connectivity index (χ4v) is 1.35. The molecule has 0 atom stereocenters. The van der Waals surface area contributed by atoms with Gasteiger partial charge < -0.3 is 9.84 Å². The summed E-state index contributed by atoms with van der Waals surface area (Å²) in [7, 11) is 0. The summed E-state index contributed by atoms with van der Waals surface area (Å²) in [5.74, 6) is -0.728. The Morgan fingerprint density at radius 1 is 1.50 bits per heavy atom. The van der Waals surface area contributed by atoms with Crippen molar-refractivity contribution in [1.82, 2.24) is 0 Å². The summed E-state index contributed by atoms with van der Waals surface area (Å²) < 4.78 is 18.5. The van der Waals surface area contributed by atoms with Crippen LogP contribution in [0.3, 0.4) is 0 Å². The van der Waals surface area contributed by atoms with Crippen molar-refractivity contribution in [3.05, 3.63) is 29.6 Å². The number of rotatable bonds is 5. The minimum atomic E-state index is -0.903. The van der Waals surface area contributed by atoms with Gasteiger partial charge in [0.15, 0.2) is 0 Å². The van der Waals surface area contributed by atoms with Gasteiger partial charge in [-0.05, 0) is 44.0 Å². The van der Waals surface area contributed by atoms with Gasteiger partial charge in [0.1, 0.15) is 11.6 Å². The van der Waals surface area contributed by atoms with Crippen molar-refractivity contribution in [3.8, 4) is 5.75 Å². The molecule has 0 bridgehead atoms. The average molecular weight is 226 g/mol. The van der Waals surface area contributed by atoms with E-state index in [1.165, 1.54) is 18.2 Å². The molecule has 1 rings (SSSR count). The number of aryl methyl sites for hydroxylation is 1. The van der Waals surface area contributed by atoms with Crippen LogP contribution in [0.1, 0.15) is 25.8 Å². The lowest BCUT2D eigenvalue weighted by molar-refractivity contribution is -0.136. The fourth-order valence-electron chi connectivity index (χ4n) is 1.35. The summed E-state index contributed by atoms with van der Waals surface area (Å²) in [6.45, 7) is 3.73. The maximum absolute atomic E-state index is 13.0. The van der Waals surface area contributed by atoms with Gasteiger partial charge in [0.2, 0.25) is 0 Å². The van der Waals surface area contributed by atoms with Crippen LogP contribution >= 0.6 is 0 Å². The monoisotopic (exact) mass is 226 g/mol. The molecule has 0 aromatic heterocycles. The van der Waals surface area contributed by atoms with E-state index in [2.05, 4.69) is 0 Å². The van der Waals surface area contributed by atoms with Gasteiger partial charge in [-0.3, -0.25) is 4.79 Å². The van der Waals surface area contributed by atoms with Crippen LogP contribution in [0.5, 0.6) is 5.75 Å². The third-order valence-electron chi connectivity index (χ3n) is 1.99. The molecule has 0 unspecified atom stereocenters. The first-order valence-corrected chi connectivity index (χ1v) is 5.16. The molecular formula is C12H15FO3. The van der Waals surface area contributed by atoms with Crippen molar-refractivity contribution in [2.45, 2.75) is 32.8 Å². The Morgan fingerprint density at radius 3 is 2.75 bits per heavy atom. The number of halogens is 1. The molecule has 0 aliphatic heterocycles. The molecule has 4 heteroatoms. The minimum Gasteiger partial charge on any atom is -0.491 e. The van der Waals surface area contributed by atoms with Crippen molar-refractivity contribution >= 4 is 5.97 Å². The highest BCUT2D eigenvalue weighted by molar-refractivity contribution is 5.67. The molecule has 0 spiro atoms. The number of aliphatic carboxylic acids is 1. The van der Waals surface area contributed by atoms with Crippen molar-refractivity contribution in [1.29, 1.82) is 0 Å². The summed E-state index contributed by atoms with van der Waals surface area (Å²) in [5.41, 5.74) is 0.594. The third kappa shape index (κ3) is 3.88. The Hall–Kier alpha value is -1.58. The van der Waals surface area contributed by atoms with E-state index in [1.54, 1.807) is 0 Å². The smallest absolute Gasteiger partial charge is 0.303 e. The normalized spacial score (nSPS) is 10.5. The number of carboxylic acid groups (broad SMARTS) is 1. The van der Waals surface area contributed by atoms with E-state index in [0.29, 0.717) is 11.3 Å². The van der Waals surface area contributed by atoms with Gasteiger partial charge >= 0.3 is 5.97 Å². The van der Waals surface area contributed by atoms with Gasteiger partial charge in [0.25, 0.3) is 0 Å². The summed E-state index contributed by atoms with van der Waals surface area (Å²) in [5, 5.41) is 8.58. The zero-order chi connectivity index (χ0) is 12.1. The first kappa shape index (κ1) is 12.5. The van der Waals surface area contributed by atoms with E-state index < -0.39 is 5.97 Å². The molecule has 0 amide bonds. The molecule has 16 heavy (non-hydrogen) atoms. The maximum Gasteiger partial charge on any atom is 0.303 e. The van der Waals surface area contributed by atoms with Crippen LogP contribution < -0.4 is 4.74 Å². The van der Waals surface area contributed by atoms with Crippen LogP contribution in [0.4, 0.5) is 4.39 Å². The summed E-state index contributed by atoms with van der Waals surface area (Å²) in [6, 6.07) is 4.16. The van der Waals surface area contributed by atoms with Gasteiger partial charge in [-0.25, -0.2) is 4.39 Å². The van der Waals surface area contributed by atoms with E-state index in [1.807, 2.05) is 13.8 Å². The second-order valence-corrected chi connectivity index (χ2v) is 3.81. The van der Waals surface area contributed by atoms with Gasteiger partial charge in [0.05, 0.1) is 6.10 Å². The first-order valence-electron chi connectivity index (χ1n) is 5.16. The summed E-state index contributed by atoms with van der Waals surface area (Å²) >= 11 is 0. The molecule has 0 saturated heterocycles. The molecule has 0 fully saturated rings. The number of hydrogen-bond donors (Lipinski definition) is 1. The van der Waals surface area contributed by atoms with Crippen LogP contribution in [-0.4, -0.2) is 17.2 Å². The summed E-state index contributed by atoms with van der Waals surface area (Å²) in [4.78, 5) is 10.5. The molecule has 1 aromatic carbocycles. The molecular weight excluding hydrogens is 211 g/mol. The van der Waals surface area contributed by atoms with E-state index in [4.69, 9.17) is 9.84 Å². The molecule has 1 N–H and O–H groups in total. The Labute approximate surface area is 93.9 Å². The van der Waals surface area contributed by atoms with Crippen LogP contribution in [-0.2, 0) is 11.2 Å². The zero-order valence-electron chi connectivity index (χ0n) is 9.37. The van der Waals surface area contributed by atoms with E-state index in [-0.39, 0.29) is 24.8 Å². The highest BCUT2D eigenvalue weighted by atomic mass is 19.1. The Morgan fingerprint density at radius 2 is 2.19 bits per heavy atom. The quantitative estimate of drug-likeness (QED) is 0.839. The van der Waals surface area contributed by atoms with Crippen LogP contribution in [0.25, 0.3) is 0 Å². The van der Waals surface area contributed by atoms with Gasteiger partial charge in [-0.2, -0.15) is 0 Å². The van der Waals surface area contributed by atoms with E-state index in [9.17, 15) is 9.18 Å². The highest BCUT2D eigenvalue weighted by Crippen LogP contribution is 2.22. The number of ether oxygens (including phenoxy) is 1. The average Bonchev–Trinajstić information content (AvgIpc) is 2.17. The van der Waals surface area contributed by atoms with E-state index in [0.717, 1.165) is 0 Å². The molecule has 0 saturated carbocycles. The zero-order valence-corrected chi connectivity index (χ0v) is 9.37. The van der Waals surface area contributed by atoms with Crippen LogP contribution in [0.2, 0.25) is 0 Å². The number of carbonyl (C=O) groups is 1. The van der Waals surface area contributed by atoms with Crippen molar-refractivity contribution < 1.29 is 19.0 Å². The van der Waals surface area contributed by atoms with Crippen LogP contribution in [0, 0.1) is 5.82 Å². The summed E-state index contributed by atoms with van der Waals surface area (Å²) in [6.07, 6.45) is 0.224. The highest BCUT2D eigenvalue weighted by Gasteiger charge is 2.09. The molecule has 0 radical (unpaired) electrons. The predicted molar refractivity (Wildman–Crippen MR) is 58.1 cm³/mol. The Bertz CT molecular complexity index is 375. The molecule has 88 valence electrons. The minimum absolute atomic E-state index is 0.0194. The van der Waals surface area contributed by atoms with Gasteiger partial charge in [-0.15, -0.1) is 0 Å². The Balaban J connectivity index is 2.84. The molecule has 0 aliphatic carbocycles. The lowest BCUT2D eigenvalue weighted by Gasteiger charge is -2.13. The SMILES string of the molecule is CC(C)Oc1ccc(F)cc1CCC(=O)O. The van der Waals surface area contributed by atoms with E-state index >= 15 is 0 Å². The second kappa shape index (κ2) is 5.49. The first-order chi connectivity index (χ1) is 7.49. The third-order valence-corrected chi connectivity index (χ3v) is 1.99. The fraction of sp³-hybridized carbons (Fsp3) is 0.417. The van der Waals surface area contributed by atoms with Crippen molar-refractivity contribution in [3.63, 3.8) is 0 Å². The van der Waals surface area contributed by atoms with Crippen molar-refractivity contribution in [2.24, 2.45) is 0 Å². The molecule has 0 aliphatic rings. The van der Waals surface area contributed by atoms with Gasteiger partial charge in [0, 0.05) is 6.42 Å². The Kier molecular flexibility index (Phi) is 4.28. The number of carboxylic acids is 1. The second-order valence-electron chi connectivity index (χ2n) is 3.81. The number of benzene rings is 1. The number of hydrogen-bond acceptors (Lipinski definition) is 2. The molecule has 0 heterocycles. The van der Waals surface area contributed by atoms with Crippen molar-refractivity contribution in [2.75, 3.05) is 0 Å². The topological polar surface area (TPSA) is 46.5 Å². The predicted octanol–water partition coefficient (Wildman–Crippen LogP) is 2.63. The van der Waals surface area contributed by atoms with Gasteiger partial charge in [-0.1, -0.05) is 0 Å². The largest absolute Gasteiger partial charge is 0.491 e. The molecule has 3 nitrogen and oxygen atoms in total. The lowest BCUT2D eigenvalue weighted by Crippen LogP contribution is -2.08. The standard InChI is InChI=1S/C12H15FO3/c1-8(2)16-11-5-4-10(13)7-9(11)3-6-12(14)15/h4-5,7-8H,3,6H2,1-2H3,(H,14,15). The lowest BCUT2D eigenvalue weighted by atomic mass is 10.1.